The zero-order chi connectivity index (χ0) is 27.8. The van der Waals surface area contributed by atoms with Crippen LogP contribution in [0.25, 0.3) is 10.8 Å². The number of aliphatic carboxylic acids is 1. The summed E-state index contributed by atoms with van der Waals surface area (Å²) in [4.78, 5) is 30.1. The summed E-state index contributed by atoms with van der Waals surface area (Å²) in [5.41, 5.74) is 12.6. The van der Waals surface area contributed by atoms with Crippen LogP contribution in [0.2, 0.25) is 0 Å². The van der Waals surface area contributed by atoms with Crippen LogP contribution in [0.3, 0.4) is 0 Å². The van der Waals surface area contributed by atoms with E-state index in [1.54, 1.807) is 6.92 Å². The average Bonchev–Trinajstić information content (AvgIpc) is 3.08. The summed E-state index contributed by atoms with van der Waals surface area (Å²) < 4.78 is 6.98. The number of hydrogen-bond donors (Lipinski definition) is 4. The van der Waals surface area contributed by atoms with Crippen molar-refractivity contribution in [2.45, 2.75) is 32.4 Å². The molecule has 1 fully saturated rings. The summed E-state index contributed by atoms with van der Waals surface area (Å²) in [5, 5.41) is 22.0. The first-order valence-electron chi connectivity index (χ1n) is 12.9. The van der Waals surface area contributed by atoms with Gasteiger partial charge in [0.25, 0.3) is 0 Å². The molecule has 0 radical (unpaired) electrons. The molecule has 0 spiro atoms. The molecule has 2 heterocycles. The highest BCUT2D eigenvalue weighted by atomic mass is 16.5. The van der Waals surface area contributed by atoms with Gasteiger partial charge < -0.3 is 35.8 Å². The van der Waals surface area contributed by atoms with Crippen molar-refractivity contribution >= 4 is 28.6 Å². The van der Waals surface area contributed by atoms with E-state index in [-0.39, 0.29) is 36.1 Å². The number of ether oxygens (including phenoxy) is 1. The SMILES string of the molecule is C[C@@H](O)[C@H]1C(=O)N2C(C(=O)O)=C(COc3cccc4c(CC[N+](C)(C)CCN=C(N)N)cccc34)[C@H](C)[C@H]12. The minimum Gasteiger partial charge on any atom is -0.488 e. The predicted molar refractivity (Wildman–Crippen MR) is 145 cm³/mol. The number of aliphatic hydroxyl groups excluding tert-OH is 1. The summed E-state index contributed by atoms with van der Waals surface area (Å²) in [6.07, 6.45) is 0.00797. The number of aliphatic imine (C=N–C) groups is 1. The maximum absolute atomic E-state index is 12.6. The molecule has 0 saturated carbocycles. The van der Waals surface area contributed by atoms with Crippen LogP contribution in [0.1, 0.15) is 19.4 Å². The first kappa shape index (κ1) is 27.4. The number of quaternary nitrogens is 1. The molecule has 0 unspecified atom stereocenters. The standard InChI is InChI=1S/C28H37N5O5/c1-16-21(25(27(36)37)32-24(16)23(17(2)34)26(32)35)15-38-22-10-6-8-19-18(7-5-9-20(19)22)11-13-33(3,4)14-12-31-28(29)30/h5-10,16-17,23-24,34H,11-15H2,1-4H3,(H4-,29,30,31,36,37)/p+1/t16-,17+,23+,24+/m0/s1. The lowest BCUT2D eigenvalue weighted by molar-refractivity contribution is -0.888. The molecule has 2 aromatic carbocycles. The molecule has 204 valence electrons. The number of carbonyl (C=O) groups is 2. The van der Waals surface area contributed by atoms with Crippen LogP contribution in [-0.2, 0) is 16.0 Å². The van der Waals surface area contributed by atoms with Crippen molar-refractivity contribution in [2.75, 3.05) is 40.3 Å². The number of carboxylic acid groups (broad SMARTS) is 1. The third kappa shape index (κ3) is 5.19. The van der Waals surface area contributed by atoms with Gasteiger partial charge in [-0.2, -0.15) is 0 Å². The molecule has 38 heavy (non-hydrogen) atoms. The molecular formula is C28H38N5O5+. The third-order valence-electron chi connectivity index (χ3n) is 7.86. The van der Waals surface area contributed by atoms with Gasteiger partial charge in [0.2, 0.25) is 5.91 Å². The quantitative estimate of drug-likeness (QED) is 0.150. The Labute approximate surface area is 222 Å². The molecule has 1 saturated heterocycles. The van der Waals surface area contributed by atoms with Crippen LogP contribution in [-0.4, -0.2) is 89.9 Å². The number of amides is 1. The zero-order valence-corrected chi connectivity index (χ0v) is 22.4. The number of aliphatic hydroxyl groups is 1. The minimum absolute atomic E-state index is 0.0222. The van der Waals surface area contributed by atoms with E-state index in [1.807, 2.05) is 31.2 Å². The number of carbonyl (C=O) groups excluding carboxylic acids is 1. The number of β-lactam (4-membered cyclic amide) rings is 1. The highest BCUT2D eigenvalue weighted by Gasteiger charge is 2.59. The summed E-state index contributed by atoms with van der Waals surface area (Å²) in [6, 6.07) is 11.6. The Balaban J connectivity index is 1.53. The highest BCUT2D eigenvalue weighted by Crippen LogP contribution is 2.47. The maximum Gasteiger partial charge on any atom is 0.352 e. The van der Waals surface area contributed by atoms with Gasteiger partial charge in [-0.15, -0.1) is 0 Å². The Kier molecular flexibility index (Phi) is 7.66. The minimum atomic E-state index is -1.16. The molecule has 10 heteroatoms. The molecule has 0 bridgehead atoms. The fourth-order valence-corrected chi connectivity index (χ4v) is 5.66. The Bertz CT molecular complexity index is 1300. The number of guanidine groups is 1. The molecule has 10 nitrogen and oxygen atoms in total. The van der Waals surface area contributed by atoms with E-state index in [0.29, 0.717) is 17.9 Å². The summed E-state index contributed by atoms with van der Waals surface area (Å²) >= 11 is 0. The number of benzene rings is 2. The molecule has 1 amide bonds. The number of likely N-dealkylation sites (N-methyl/N-ethyl adjacent to an activating group) is 1. The van der Waals surface area contributed by atoms with Crippen molar-refractivity contribution in [3.8, 4) is 5.75 Å². The van der Waals surface area contributed by atoms with Crippen LogP contribution in [0.5, 0.6) is 5.75 Å². The van der Waals surface area contributed by atoms with Gasteiger partial charge in [-0.1, -0.05) is 37.3 Å². The van der Waals surface area contributed by atoms with E-state index in [1.165, 1.54) is 10.5 Å². The first-order valence-corrected chi connectivity index (χ1v) is 12.9. The van der Waals surface area contributed by atoms with E-state index >= 15 is 0 Å². The first-order chi connectivity index (χ1) is 17.9. The molecule has 0 aliphatic carbocycles. The normalized spacial score (nSPS) is 21.8. The fraction of sp³-hybridized carbons (Fsp3) is 0.464. The lowest BCUT2D eigenvalue weighted by Gasteiger charge is -2.46. The smallest absolute Gasteiger partial charge is 0.352 e. The molecule has 4 rings (SSSR count). The van der Waals surface area contributed by atoms with E-state index in [0.717, 1.165) is 34.8 Å². The molecular weight excluding hydrogens is 486 g/mol. The van der Waals surface area contributed by atoms with E-state index in [2.05, 4.69) is 31.2 Å². The predicted octanol–water partition coefficient (Wildman–Crippen LogP) is 1.31. The Morgan fingerprint density at radius 2 is 1.84 bits per heavy atom. The number of carboxylic acids is 1. The fourth-order valence-electron chi connectivity index (χ4n) is 5.66. The van der Waals surface area contributed by atoms with Crippen molar-refractivity contribution in [1.82, 2.24) is 4.90 Å². The highest BCUT2D eigenvalue weighted by molar-refractivity contribution is 6.00. The van der Waals surface area contributed by atoms with Gasteiger partial charge in [0.05, 0.1) is 51.8 Å². The monoisotopic (exact) mass is 524 g/mol. The van der Waals surface area contributed by atoms with Gasteiger partial charge in [0.1, 0.15) is 18.1 Å². The summed E-state index contributed by atoms with van der Waals surface area (Å²) in [5.74, 6) is -1.58. The number of nitrogens with two attached hydrogens (primary N) is 2. The molecule has 0 aromatic heterocycles. The van der Waals surface area contributed by atoms with E-state index in [9.17, 15) is 19.8 Å². The average molecular weight is 525 g/mol. The molecule has 2 aliphatic rings. The van der Waals surface area contributed by atoms with Crippen LogP contribution in [0.15, 0.2) is 52.7 Å². The second kappa shape index (κ2) is 10.6. The lowest BCUT2D eigenvalue weighted by Crippen LogP contribution is -2.63. The second-order valence-corrected chi connectivity index (χ2v) is 10.9. The van der Waals surface area contributed by atoms with Crippen LogP contribution in [0, 0.1) is 11.8 Å². The third-order valence-corrected chi connectivity index (χ3v) is 7.86. The topological polar surface area (TPSA) is 151 Å². The Morgan fingerprint density at radius 3 is 2.50 bits per heavy atom. The van der Waals surface area contributed by atoms with Crippen LogP contribution in [0.4, 0.5) is 0 Å². The summed E-state index contributed by atoms with van der Waals surface area (Å²) in [7, 11) is 4.29. The molecule has 4 atom stereocenters. The van der Waals surface area contributed by atoms with Gasteiger partial charge in [0.15, 0.2) is 5.96 Å². The van der Waals surface area contributed by atoms with E-state index in [4.69, 9.17) is 16.2 Å². The number of nitrogens with zero attached hydrogens (tertiary/aromatic N) is 3. The molecule has 2 aliphatic heterocycles. The Hall–Kier alpha value is -3.63. The lowest BCUT2D eigenvalue weighted by atomic mass is 9.78. The number of hydrogen-bond acceptors (Lipinski definition) is 5. The molecule has 2 aromatic rings. The van der Waals surface area contributed by atoms with Gasteiger partial charge in [-0.25, -0.2) is 9.79 Å². The second-order valence-electron chi connectivity index (χ2n) is 10.9. The maximum atomic E-state index is 12.6. The van der Waals surface area contributed by atoms with E-state index < -0.39 is 18.0 Å². The van der Waals surface area contributed by atoms with Crippen LogP contribution >= 0.6 is 0 Å². The number of fused-ring (bicyclic) bond motifs is 2. The van der Waals surface area contributed by atoms with Crippen molar-refractivity contribution < 1.29 is 29.0 Å². The van der Waals surface area contributed by atoms with Crippen molar-refractivity contribution in [3.05, 3.63) is 53.2 Å². The van der Waals surface area contributed by atoms with Gasteiger partial charge >= 0.3 is 5.97 Å². The summed E-state index contributed by atoms with van der Waals surface area (Å²) in [6.45, 7) is 5.78. The van der Waals surface area contributed by atoms with Gasteiger partial charge in [-0.05, 0) is 23.9 Å². The number of rotatable bonds is 11. The van der Waals surface area contributed by atoms with Crippen LogP contribution < -0.4 is 16.2 Å². The largest absolute Gasteiger partial charge is 0.488 e. The zero-order valence-electron chi connectivity index (χ0n) is 22.4. The Morgan fingerprint density at radius 1 is 1.16 bits per heavy atom. The van der Waals surface area contributed by atoms with Crippen molar-refractivity contribution in [1.29, 1.82) is 0 Å². The van der Waals surface area contributed by atoms with Crippen molar-refractivity contribution in [2.24, 2.45) is 28.3 Å². The molecule has 6 N–H and O–H groups in total. The van der Waals surface area contributed by atoms with Gasteiger partial charge in [0, 0.05) is 23.3 Å². The van der Waals surface area contributed by atoms with Gasteiger partial charge in [-0.3, -0.25) is 4.79 Å². The van der Waals surface area contributed by atoms with Crippen molar-refractivity contribution in [3.63, 3.8) is 0 Å².